The summed E-state index contributed by atoms with van der Waals surface area (Å²) in [6.07, 6.45) is 11.0. The zero-order chi connectivity index (χ0) is 46.1. The third kappa shape index (κ3) is 6.45. The van der Waals surface area contributed by atoms with E-state index in [1.807, 2.05) is 11.8 Å². The maximum Gasteiger partial charge on any atom is 0.0756 e. The minimum Gasteiger partial charge on any atom is -0.310 e. The van der Waals surface area contributed by atoms with Crippen molar-refractivity contribution in [2.45, 2.75) is 61.2 Å². The highest BCUT2D eigenvalue weighted by Gasteiger charge is 2.53. The van der Waals surface area contributed by atoms with Gasteiger partial charge in [-0.15, -0.1) is 0 Å². The molecule has 2 aliphatic carbocycles. The van der Waals surface area contributed by atoms with E-state index in [1.54, 1.807) is 0 Å². The highest BCUT2D eigenvalue weighted by atomic mass is 32.2. The molecule has 0 bridgehead atoms. The van der Waals surface area contributed by atoms with Crippen molar-refractivity contribution in [2.24, 2.45) is 0 Å². The number of fused-ring (bicyclic) bond motifs is 11. The Morgan fingerprint density at radius 1 is 0.515 bits per heavy atom. The van der Waals surface area contributed by atoms with Gasteiger partial charge in [-0.1, -0.05) is 215 Å². The highest BCUT2D eigenvalue weighted by molar-refractivity contribution is 7.99. The van der Waals surface area contributed by atoms with E-state index in [9.17, 15) is 0 Å². The number of hydrogen-bond acceptors (Lipinski definition) is 2. The zero-order valence-corrected chi connectivity index (χ0v) is 40.1. The van der Waals surface area contributed by atoms with Gasteiger partial charge in [-0.3, -0.25) is 0 Å². The molecule has 0 atom stereocenters. The van der Waals surface area contributed by atoms with E-state index >= 15 is 0 Å². The molecule has 0 amide bonds. The molecule has 1 spiro atoms. The van der Waals surface area contributed by atoms with Gasteiger partial charge in [-0.2, -0.15) is 0 Å². The number of benzene rings is 9. The van der Waals surface area contributed by atoms with Crippen LogP contribution in [0.15, 0.2) is 234 Å². The van der Waals surface area contributed by atoms with E-state index in [4.69, 9.17) is 0 Å². The summed E-state index contributed by atoms with van der Waals surface area (Å²) in [6.45, 7) is 11.5. The summed E-state index contributed by atoms with van der Waals surface area (Å²) in [5.74, 6) is 0.285. The SMILES string of the molecule is C/C=C\C=C/C1=Cc2ccc(N(c3ccc(-c4ccccc4)c(C(C)C)c3)c3ccc(-c4ccc5ccccc5c4)c4c3C3(c5ccccc5Sc5ccccc53)c3ccccc3-4)cc2C1(C)C. The first-order chi connectivity index (χ1) is 33.3. The van der Waals surface area contributed by atoms with Gasteiger partial charge in [0.25, 0.3) is 0 Å². The second-order valence-electron chi connectivity index (χ2n) is 19.3. The van der Waals surface area contributed by atoms with Crippen molar-refractivity contribution < 1.29 is 0 Å². The van der Waals surface area contributed by atoms with Crippen molar-refractivity contribution in [3.8, 4) is 33.4 Å². The molecule has 0 aromatic heterocycles. The van der Waals surface area contributed by atoms with Gasteiger partial charge in [0.1, 0.15) is 0 Å². The summed E-state index contributed by atoms with van der Waals surface area (Å²) >= 11 is 1.90. The van der Waals surface area contributed by atoms with Crippen molar-refractivity contribution in [3.05, 3.63) is 263 Å². The lowest BCUT2D eigenvalue weighted by Crippen LogP contribution is -2.33. The Morgan fingerprint density at radius 3 is 1.91 bits per heavy atom. The predicted molar refractivity (Wildman–Crippen MR) is 290 cm³/mol. The van der Waals surface area contributed by atoms with Crippen molar-refractivity contribution in [1.82, 2.24) is 0 Å². The molecule has 0 radical (unpaired) electrons. The molecule has 0 saturated carbocycles. The standard InChI is InChI=1S/C66H53NS/c1-6-7-9-24-49-40-48-33-34-51(42-59(48)65(49,4)5)67(50-35-36-52(55(41-50)43(2)3)45-21-10-8-11-22-45)60-38-37-53(47-32-31-44-20-12-13-23-46(44)39-47)63-54-25-14-15-26-56(54)66(64(60)63)57-27-16-18-29-61(57)68-62-30-19-17-28-58(62)66/h6-43H,1-5H3/b7-6-,24-9-. The van der Waals surface area contributed by atoms with Crippen LogP contribution in [0.25, 0.3) is 50.2 Å². The molecular formula is C66H53NS. The monoisotopic (exact) mass is 891 g/mol. The molecule has 0 N–H and O–H groups in total. The largest absolute Gasteiger partial charge is 0.310 e. The van der Waals surface area contributed by atoms with Gasteiger partial charge in [0.2, 0.25) is 0 Å². The number of hydrogen-bond donors (Lipinski definition) is 0. The number of nitrogens with zero attached hydrogens (tertiary/aromatic N) is 1. The molecule has 0 saturated heterocycles. The van der Waals surface area contributed by atoms with Crippen LogP contribution in [0.4, 0.5) is 17.1 Å². The molecule has 12 rings (SSSR count). The van der Waals surface area contributed by atoms with E-state index in [0.717, 1.165) is 11.4 Å². The molecule has 328 valence electrons. The second kappa shape index (κ2) is 16.4. The molecule has 0 fully saturated rings. The maximum atomic E-state index is 2.61. The topological polar surface area (TPSA) is 3.24 Å². The number of anilines is 3. The lowest BCUT2D eigenvalue weighted by molar-refractivity contribution is 0.655. The van der Waals surface area contributed by atoms with Crippen LogP contribution < -0.4 is 4.90 Å². The van der Waals surface area contributed by atoms with Crippen molar-refractivity contribution in [1.29, 1.82) is 0 Å². The Labute approximate surface area is 405 Å². The molecule has 1 aliphatic heterocycles. The van der Waals surface area contributed by atoms with Gasteiger partial charge in [-0.25, -0.2) is 0 Å². The quantitative estimate of drug-likeness (QED) is 0.140. The van der Waals surface area contributed by atoms with Crippen LogP contribution in [0.2, 0.25) is 0 Å². The fraction of sp³-hybridized carbons (Fsp3) is 0.121. The minimum absolute atomic E-state index is 0.201. The fourth-order valence-electron chi connectivity index (χ4n) is 11.6. The Hall–Kier alpha value is -7.39. The van der Waals surface area contributed by atoms with Crippen molar-refractivity contribution in [2.75, 3.05) is 4.90 Å². The van der Waals surface area contributed by atoms with E-state index < -0.39 is 5.41 Å². The molecule has 9 aromatic carbocycles. The van der Waals surface area contributed by atoms with Crippen LogP contribution in [-0.2, 0) is 10.8 Å². The van der Waals surface area contributed by atoms with E-state index in [-0.39, 0.29) is 11.3 Å². The first kappa shape index (κ1) is 42.0. The van der Waals surface area contributed by atoms with Crippen LogP contribution in [0.3, 0.4) is 0 Å². The second-order valence-corrected chi connectivity index (χ2v) is 20.4. The highest BCUT2D eigenvalue weighted by Crippen LogP contribution is 2.66. The Morgan fingerprint density at radius 2 is 1.16 bits per heavy atom. The Kier molecular flexibility index (Phi) is 10.2. The van der Waals surface area contributed by atoms with Crippen LogP contribution >= 0.6 is 11.8 Å². The molecule has 1 nitrogen and oxygen atoms in total. The molecule has 9 aromatic rings. The number of allylic oxidation sites excluding steroid dienone is 5. The smallest absolute Gasteiger partial charge is 0.0756 e. The van der Waals surface area contributed by atoms with Gasteiger partial charge >= 0.3 is 0 Å². The van der Waals surface area contributed by atoms with Crippen LogP contribution in [-0.4, -0.2) is 0 Å². The predicted octanol–water partition coefficient (Wildman–Crippen LogP) is 18.4. The van der Waals surface area contributed by atoms with Gasteiger partial charge in [0.15, 0.2) is 0 Å². The van der Waals surface area contributed by atoms with Crippen LogP contribution in [0.5, 0.6) is 0 Å². The average Bonchev–Trinajstić information content (AvgIpc) is 3.82. The lowest BCUT2D eigenvalue weighted by Gasteiger charge is -2.42. The first-order valence-corrected chi connectivity index (χ1v) is 24.9. The van der Waals surface area contributed by atoms with Gasteiger partial charge < -0.3 is 4.90 Å². The van der Waals surface area contributed by atoms with Gasteiger partial charge in [-0.05, 0) is 144 Å². The fourth-order valence-corrected chi connectivity index (χ4v) is 12.8. The summed E-state index contributed by atoms with van der Waals surface area (Å²) in [5.41, 5.74) is 20.7. The molecule has 68 heavy (non-hydrogen) atoms. The molecule has 0 unspecified atom stereocenters. The van der Waals surface area contributed by atoms with Crippen LogP contribution in [0.1, 0.15) is 79.5 Å². The summed E-state index contributed by atoms with van der Waals surface area (Å²) in [6, 6.07) is 73.6. The third-order valence-corrected chi connectivity index (χ3v) is 16.0. The first-order valence-electron chi connectivity index (χ1n) is 24.1. The van der Waals surface area contributed by atoms with E-state index in [0.29, 0.717) is 0 Å². The van der Waals surface area contributed by atoms with Crippen LogP contribution in [0, 0.1) is 0 Å². The molecular weight excluding hydrogens is 839 g/mol. The Bertz CT molecular complexity index is 3520. The minimum atomic E-state index is -0.627. The zero-order valence-electron chi connectivity index (χ0n) is 39.3. The third-order valence-electron chi connectivity index (χ3n) is 14.8. The van der Waals surface area contributed by atoms with Crippen molar-refractivity contribution in [3.63, 3.8) is 0 Å². The maximum absolute atomic E-state index is 2.61. The molecule has 2 heteroatoms. The van der Waals surface area contributed by atoms with Gasteiger partial charge in [0.05, 0.1) is 11.1 Å². The summed E-state index contributed by atoms with van der Waals surface area (Å²) in [5, 5.41) is 2.48. The number of rotatable bonds is 8. The van der Waals surface area contributed by atoms with Gasteiger partial charge in [0, 0.05) is 32.1 Å². The van der Waals surface area contributed by atoms with E-state index in [2.05, 4.69) is 264 Å². The lowest BCUT2D eigenvalue weighted by atomic mass is 9.66. The summed E-state index contributed by atoms with van der Waals surface area (Å²) < 4.78 is 0. The normalized spacial score (nSPS) is 14.8. The summed E-state index contributed by atoms with van der Waals surface area (Å²) in [4.78, 5) is 5.19. The average molecular weight is 892 g/mol. The molecule has 1 heterocycles. The van der Waals surface area contributed by atoms with E-state index in [1.165, 1.54) is 104 Å². The van der Waals surface area contributed by atoms with Crippen molar-refractivity contribution >= 4 is 45.7 Å². The molecule has 3 aliphatic rings. The Balaban J connectivity index is 1.21. The summed E-state index contributed by atoms with van der Waals surface area (Å²) in [7, 11) is 0.